The molecule has 2 N–H and O–H groups in total. The number of benzene rings is 1. The molecule has 0 unspecified atom stereocenters. The lowest BCUT2D eigenvalue weighted by atomic mass is 10.2. The van der Waals surface area contributed by atoms with Gasteiger partial charge in [-0.2, -0.15) is 9.98 Å². The molecule has 0 aliphatic rings. The Morgan fingerprint density at radius 3 is 2.56 bits per heavy atom. The van der Waals surface area contributed by atoms with Gasteiger partial charge in [-0.05, 0) is 12.1 Å². The first kappa shape index (κ1) is 14.0. The third-order valence-electron chi connectivity index (χ3n) is 1.90. The van der Waals surface area contributed by atoms with Crippen LogP contribution in [-0.2, 0) is 10.0 Å². The van der Waals surface area contributed by atoms with Crippen molar-refractivity contribution in [2.45, 2.75) is 4.90 Å². The van der Waals surface area contributed by atoms with Crippen LogP contribution in [0.5, 0.6) is 0 Å². The van der Waals surface area contributed by atoms with Gasteiger partial charge in [-0.15, -0.1) is 0 Å². The van der Waals surface area contributed by atoms with Crippen LogP contribution in [0, 0.1) is 23.0 Å². The van der Waals surface area contributed by atoms with Gasteiger partial charge in [0, 0.05) is 0 Å². The summed E-state index contributed by atoms with van der Waals surface area (Å²) in [5.41, 5.74) is -1.37. The zero-order valence-electron chi connectivity index (χ0n) is 8.65. The van der Waals surface area contributed by atoms with Gasteiger partial charge in [0.2, 0.25) is 10.0 Å². The van der Waals surface area contributed by atoms with E-state index in [9.17, 15) is 22.0 Å². The van der Waals surface area contributed by atoms with Crippen LogP contribution in [0.25, 0.3) is 0 Å². The summed E-state index contributed by atoms with van der Waals surface area (Å²) in [5.74, 6) is -5.03. The smallest absolute Gasteiger partial charge is 0.341 e. The van der Waals surface area contributed by atoms with Crippen molar-refractivity contribution in [3.8, 4) is 6.07 Å². The molecule has 96 valence electrons. The lowest BCUT2D eigenvalue weighted by Gasteiger charge is -2.07. The molecule has 6 nitrogen and oxygen atoms in total. The fourth-order valence-electron chi connectivity index (χ4n) is 1.14. The number of hydrogen-bond donors (Lipinski definition) is 2. The number of nitrogens with one attached hydrogen (secondary N) is 1. The molecule has 0 saturated carbocycles. The standard InChI is InChI=1S/C9H6F2N2O4S/c10-5-1-2-6(8(11)7(5)9(14)15)18(16,17)13-4-3-12/h1-2,13H,4H2,(H,14,15). The van der Waals surface area contributed by atoms with Gasteiger partial charge in [0.1, 0.15) is 16.3 Å². The van der Waals surface area contributed by atoms with Gasteiger partial charge in [-0.3, -0.25) is 0 Å². The molecule has 0 aliphatic heterocycles. The summed E-state index contributed by atoms with van der Waals surface area (Å²) in [4.78, 5) is 9.56. The van der Waals surface area contributed by atoms with Crippen LogP contribution in [0.3, 0.4) is 0 Å². The number of hydrogen-bond acceptors (Lipinski definition) is 4. The summed E-state index contributed by atoms with van der Waals surface area (Å²) >= 11 is 0. The van der Waals surface area contributed by atoms with Crippen LogP contribution in [0.4, 0.5) is 8.78 Å². The van der Waals surface area contributed by atoms with Crippen molar-refractivity contribution in [3.63, 3.8) is 0 Å². The molecule has 0 aromatic heterocycles. The van der Waals surface area contributed by atoms with E-state index >= 15 is 0 Å². The minimum absolute atomic E-state index is 0.521. The van der Waals surface area contributed by atoms with Crippen molar-refractivity contribution < 1.29 is 27.1 Å². The van der Waals surface area contributed by atoms with Crippen LogP contribution < -0.4 is 4.72 Å². The monoisotopic (exact) mass is 276 g/mol. The first-order valence-corrected chi connectivity index (χ1v) is 5.87. The van der Waals surface area contributed by atoms with Crippen molar-refractivity contribution in [1.29, 1.82) is 5.26 Å². The van der Waals surface area contributed by atoms with Crippen molar-refractivity contribution in [2.75, 3.05) is 6.54 Å². The molecule has 9 heteroatoms. The van der Waals surface area contributed by atoms with Crippen molar-refractivity contribution in [2.24, 2.45) is 0 Å². The quantitative estimate of drug-likeness (QED) is 0.777. The van der Waals surface area contributed by atoms with E-state index in [0.717, 1.165) is 0 Å². The lowest BCUT2D eigenvalue weighted by molar-refractivity contribution is 0.0685. The topological polar surface area (TPSA) is 107 Å². The first-order valence-electron chi connectivity index (χ1n) is 4.39. The van der Waals surface area contributed by atoms with Crippen LogP contribution in [0.15, 0.2) is 17.0 Å². The Kier molecular flexibility index (Phi) is 3.95. The van der Waals surface area contributed by atoms with Crippen LogP contribution in [0.2, 0.25) is 0 Å². The highest BCUT2D eigenvalue weighted by Crippen LogP contribution is 2.20. The Balaban J connectivity index is 3.41. The average Bonchev–Trinajstić information content (AvgIpc) is 2.25. The van der Waals surface area contributed by atoms with Gasteiger partial charge in [-0.1, -0.05) is 0 Å². The van der Waals surface area contributed by atoms with E-state index in [1.165, 1.54) is 6.07 Å². The van der Waals surface area contributed by atoms with E-state index < -0.39 is 44.6 Å². The molecule has 0 heterocycles. The SMILES string of the molecule is N#CCNS(=O)(=O)c1ccc(F)c(C(=O)O)c1F. The summed E-state index contributed by atoms with van der Waals surface area (Å²) < 4.78 is 51.3. The molecule has 0 aliphatic carbocycles. The van der Waals surface area contributed by atoms with Gasteiger partial charge in [0.25, 0.3) is 0 Å². The molecule has 1 aromatic carbocycles. The lowest BCUT2D eigenvalue weighted by Crippen LogP contribution is -2.25. The van der Waals surface area contributed by atoms with Gasteiger partial charge in [-0.25, -0.2) is 22.0 Å². The Morgan fingerprint density at radius 1 is 1.44 bits per heavy atom. The van der Waals surface area contributed by atoms with Gasteiger partial charge in [0.15, 0.2) is 5.82 Å². The summed E-state index contributed by atoms with van der Waals surface area (Å²) in [6.45, 7) is -0.623. The maximum absolute atomic E-state index is 13.6. The third kappa shape index (κ3) is 2.61. The van der Waals surface area contributed by atoms with E-state index in [1.807, 2.05) is 0 Å². The highest BCUT2D eigenvalue weighted by molar-refractivity contribution is 7.89. The number of carboxylic acids is 1. The Hall–Kier alpha value is -2.05. The molecule has 0 bridgehead atoms. The molecule has 1 rings (SSSR count). The molecule has 0 fully saturated rings. The predicted octanol–water partition coefficient (Wildman–Crippen LogP) is 0.465. The second-order valence-electron chi connectivity index (χ2n) is 3.02. The first-order chi connectivity index (χ1) is 8.31. The number of carboxylic acid groups (broad SMARTS) is 1. The molecule has 0 atom stereocenters. The van der Waals surface area contributed by atoms with Crippen LogP contribution >= 0.6 is 0 Å². The zero-order chi connectivity index (χ0) is 13.9. The van der Waals surface area contributed by atoms with Crippen molar-refractivity contribution in [3.05, 3.63) is 29.3 Å². The maximum atomic E-state index is 13.6. The normalized spacial score (nSPS) is 10.9. The third-order valence-corrected chi connectivity index (χ3v) is 3.32. The fraction of sp³-hybridized carbons (Fsp3) is 0.111. The summed E-state index contributed by atoms with van der Waals surface area (Å²) in [5, 5.41) is 16.8. The van der Waals surface area contributed by atoms with Gasteiger partial charge in [0.05, 0.1) is 12.6 Å². The number of carbonyl (C=O) groups is 1. The summed E-state index contributed by atoms with van der Waals surface area (Å²) in [7, 11) is -4.40. The molecule has 0 saturated heterocycles. The second kappa shape index (κ2) is 5.07. The molecule has 1 aromatic rings. The van der Waals surface area contributed by atoms with E-state index in [1.54, 1.807) is 4.72 Å². The Labute approximate surface area is 101 Å². The number of halogens is 2. The fourth-order valence-corrected chi connectivity index (χ4v) is 2.14. The predicted molar refractivity (Wildman–Crippen MR) is 54.1 cm³/mol. The Bertz CT molecular complexity index is 637. The zero-order valence-corrected chi connectivity index (χ0v) is 9.46. The van der Waals surface area contributed by atoms with Crippen LogP contribution in [0.1, 0.15) is 10.4 Å². The minimum atomic E-state index is -4.40. The number of aromatic carboxylic acids is 1. The van der Waals surface area contributed by atoms with Crippen molar-refractivity contribution in [1.82, 2.24) is 4.72 Å². The highest BCUT2D eigenvalue weighted by atomic mass is 32.2. The molecular formula is C9H6F2N2O4S. The average molecular weight is 276 g/mol. The molecule has 0 amide bonds. The largest absolute Gasteiger partial charge is 0.477 e. The molecule has 0 radical (unpaired) electrons. The Morgan fingerprint density at radius 2 is 2.06 bits per heavy atom. The van der Waals surface area contributed by atoms with Gasteiger partial charge >= 0.3 is 5.97 Å². The second-order valence-corrected chi connectivity index (χ2v) is 4.76. The van der Waals surface area contributed by atoms with E-state index in [4.69, 9.17) is 10.4 Å². The highest BCUT2D eigenvalue weighted by Gasteiger charge is 2.26. The van der Waals surface area contributed by atoms with Crippen molar-refractivity contribution >= 4 is 16.0 Å². The van der Waals surface area contributed by atoms with E-state index in [2.05, 4.69) is 0 Å². The minimum Gasteiger partial charge on any atom is -0.477 e. The van der Waals surface area contributed by atoms with Crippen LogP contribution in [-0.4, -0.2) is 26.0 Å². The number of nitrogens with zero attached hydrogens (tertiary/aromatic N) is 1. The molecular weight excluding hydrogens is 270 g/mol. The van der Waals surface area contributed by atoms with E-state index in [0.29, 0.717) is 12.1 Å². The molecule has 18 heavy (non-hydrogen) atoms. The molecule has 0 spiro atoms. The number of nitriles is 1. The maximum Gasteiger partial charge on any atom is 0.341 e. The number of sulfonamides is 1. The van der Waals surface area contributed by atoms with E-state index in [-0.39, 0.29) is 0 Å². The summed E-state index contributed by atoms with van der Waals surface area (Å²) in [6, 6.07) is 2.56. The van der Waals surface area contributed by atoms with Gasteiger partial charge < -0.3 is 5.11 Å². The summed E-state index contributed by atoms with van der Waals surface area (Å²) in [6.07, 6.45) is 0. The number of rotatable bonds is 4.